The molecule has 0 aliphatic heterocycles. The van der Waals surface area contributed by atoms with Gasteiger partial charge in [-0.1, -0.05) is 0 Å². The summed E-state index contributed by atoms with van der Waals surface area (Å²) < 4.78 is 24.0. The average molecular weight is 186 g/mol. The van der Waals surface area contributed by atoms with E-state index >= 15 is 0 Å². The maximum absolute atomic E-state index is 12.3. The molecule has 1 aromatic heterocycles. The van der Waals surface area contributed by atoms with Crippen LogP contribution in [0.1, 0.15) is 12.8 Å². The molecule has 1 N–H and O–H groups in total. The quantitative estimate of drug-likeness (QED) is 0.564. The van der Waals surface area contributed by atoms with Crippen molar-refractivity contribution in [1.82, 2.24) is 4.98 Å². The summed E-state index contributed by atoms with van der Waals surface area (Å²) in [4.78, 5) is 3.47. The Hall–Kier alpha value is -1.19. The molecule has 0 aromatic carbocycles. The Morgan fingerprint density at radius 1 is 1.31 bits per heavy atom. The SMILES string of the molecule is FCCCCNc1ccc(F)nc1. The third-order valence-electron chi connectivity index (χ3n) is 1.62. The lowest BCUT2D eigenvalue weighted by atomic mass is 10.3. The average Bonchev–Trinajstić information content (AvgIpc) is 2.15. The molecule has 0 aliphatic carbocycles. The summed E-state index contributed by atoms with van der Waals surface area (Å²) in [5.74, 6) is -0.491. The van der Waals surface area contributed by atoms with E-state index in [-0.39, 0.29) is 6.67 Å². The fourth-order valence-corrected chi connectivity index (χ4v) is 0.933. The van der Waals surface area contributed by atoms with Gasteiger partial charge in [-0.15, -0.1) is 0 Å². The number of hydrogen-bond donors (Lipinski definition) is 1. The lowest BCUT2D eigenvalue weighted by Crippen LogP contribution is -2.02. The topological polar surface area (TPSA) is 24.9 Å². The molecule has 0 saturated heterocycles. The molecule has 4 heteroatoms. The summed E-state index contributed by atoms with van der Waals surface area (Å²) in [6.45, 7) is 0.403. The van der Waals surface area contributed by atoms with Crippen LogP contribution in [0.2, 0.25) is 0 Å². The van der Waals surface area contributed by atoms with Gasteiger partial charge in [0.25, 0.3) is 0 Å². The molecule has 13 heavy (non-hydrogen) atoms. The van der Waals surface area contributed by atoms with Crippen LogP contribution >= 0.6 is 0 Å². The summed E-state index contributed by atoms with van der Waals surface area (Å²) in [7, 11) is 0. The van der Waals surface area contributed by atoms with E-state index < -0.39 is 5.95 Å². The van der Waals surface area contributed by atoms with Gasteiger partial charge < -0.3 is 5.32 Å². The Bertz CT molecular complexity index is 236. The molecule has 0 spiro atoms. The van der Waals surface area contributed by atoms with Crippen LogP contribution in [0.5, 0.6) is 0 Å². The van der Waals surface area contributed by atoms with Crippen molar-refractivity contribution in [3.63, 3.8) is 0 Å². The molecule has 0 radical (unpaired) electrons. The molecule has 0 fully saturated rings. The summed E-state index contributed by atoms with van der Waals surface area (Å²) in [6.07, 6.45) is 2.75. The van der Waals surface area contributed by atoms with E-state index in [2.05, 4.69) is 10.3 Å². The second-order valence-corrected chi connectivity index (χ2v) is 2.69. The fraction of sp³-hybridized carbons (Fsp3) is 0.444. The number of pyridine rings is 1. The molecule has 1 aromatic rings. The standard InChI is InChI=1S/C9H12F2N2/c10-5-1-2-6-12-8-3-4-9(11)13-7-8/h3-4,7,12H,1-2,5-6H2. The predicted molar refractivity (Wildman–Crippen MR) is 47.9 cm³/mol. The number of halogens is 2. The number of hydrogen-bond acceptors (Lipinski definition) is 2. The van der Waals surface area contributed by atoms with Gasteiger partial charge in [0.1, 0.15) is 0 Å². The Kier molecular flexibility index (Phi) is 4.15. The number of aromatic nitrogens is 1. The third kappa shape index (κ3) is 3.83. The van der Waals surface area contributed by atoms with Gasteiger partial charge in [0, 0.05) is 6.54 Å². The molecule has 0 bridgehead atoms. The van der Waals surface area contributed by atoms with Crippen molar-refractivity contribution in [1.29, 1.82) is 0 Å². The number of alkyl halides is 1. The largest absolute Gasteiger partial charge is 0.384 e. The van der Waals surface area contributed by atoms with Crippen LogP contribution in [0.25, 0.3) is 0 Å². The lowest BCUT2D eigenvalue weighted by molar-refractivity contribution is 0.466. The van der Waals surface area contributed by atoms with Crippen LogP contribution in [-0.2, 0) is 0 Å². The van der Waals surface area contributed by atoms with Crippen molar-refractivity contribution in [2.45, 2.75) is 12.8 Å². The molecule has 72 valence electrons. The Morgan fingerprint density at radius 3 is 2.77 bits per heavy atom. The number of rotatable bonds is 5. The monoisotopic (exact) mass is 186 g/mol. The Balaban J connectivity index is 2.25. The van der Waals surface area contributed by atoms with Gasteiger partial charge in [0.15, 0.2) is 0 Å². The molecule has 0 aliphatic rings. The number of nitrogens with one attached hydrogen (secondary N) is 1. The van der Waals surface area contributed by atoms with Gasteiger partial charge in [0.05, 0.1) is 18.6 Å². The zero-order valence-electron chi connectivity index (χ0n) is 7.26. The zero-order valence-corrected chi connectivity index (χ0v) is 7.26. The van der Waals surface area contributed by atoms with E-state index in [4.69, 9.17) is 0 Å². The molecule has 1 rings (SSSR count). The van der Waals surface area contributed by atoms with E-state index in [1.807, 2.05) is 0 Å². The first-order chi connectivity index (χ1) is 6.33. The highest BCUT2D eigenvalue weighted by Gasteiger charge is 1.93. The number of anilines is 1. The van der Waals surface area contributed by atoms with Crippen molar-refractivity contribution >= 4 is 5.69 Å². The number of nitrogens with zero attached hydrogens (tertiary/aromatic N) is 1. The Morgan fingerprint density at radius 2 is 2.15 bits per heavy atom. The summed E-state index contributed by atoms with van der Waals surface area (Å²) in [5, 5.41) is 3.01. The van der Waals surface area contributed by atoms with E-state index in [9.17, 15) is 8.78 Å². The van der Waals surface area contributed by atoms with Crippen molar-refractivity contribution in [3.8, 4) is 0 Å². The summed E-state index contributed by atoms with van der Waals surface area (Å²) in [6, 6.07) is 2.90. The molecular weight excluding hydrogens is 174 g/mol. The lowest BCUT2D eigenvalue weighted by Gasteiger charge is -2.03. The first-order valence-electron chi connectivity index (χ1n) is 4.24. The van der Waals surface area contributed by atoms with Crippen LogP contribution in [0, 0.1) is 5.95 Å². The van der Waals surface area contributed by atoms with Gasteiger partial charge in [-0.05, 0) is 25.0 Å². The van der Waals surface area contributed by atoms with Crippen LogP contribution in [-0.4, -0.2) is 18.2 Å². The van der Waals surface area contributed by atoms with Crippen LogP contribution in [0.15, 0.2) is 18.3 Å². The van der Waals surface area contributed by atoms with Crippen molar-refractivity contribution in [2.75, 3.05) is 18.5 Å². The molecular formula is C9H12F2N2. The highest BCUT2D eigenvalue weighted by atomic mass is 19.1. The maximum Gasteiger partial charge on any atom is 0.212 e. The number of unbranched alkanes of at least 4 members (excludes halogenated alkanes) is 1. The minimum atomic E-state index is -0.491. The van der Waals surface area contributed by atoms with E-state index in [1.165, 1.54) is 12.3 Å². The predicted octanol–water partition coefficient (Wildman–Crippen LogP) is 2.38. The third-order valence-corrected chi connectivity index (χ3v) is 1.62. The van der Waals surface area contributed by atoms with Gasteiger partial charge in [-0.3, -0.25) is 4.39 Å². The maximum atomic E-state index is 12.3. The van der Waals surface area contributed by atoms with Gasteiger partial charge in [0.2, 0.25) is 5.95 Å². The molecule has 0 saturated carbocycles. The zero-order chi connectivity index (χ0) is 9.52. The smallest absolute Gasteiger partial charge is 0.212 e. The second-order valence-electron chi connectivity index (χ2n) is 2.69. The Labute approximate surface area is 76.0 Å². The minimum absolute atomic E-state index is 0.288. The summed E-state index contributed by atoms with van der Waals surface area (Å²) in [5.41, 5.74) is 0.764. The summed E-state index contributed by atoms with van der Waals surface area (Å²) >= 11 is 0. The molecule has 0 unspecified atom stereocenters. The van der Waals surface area contributed by atoms with E-state index in [0.717, 1.165) is 12.1 Å². The van der Waals surface area contributed by atoms with Crippen molar-refractivity contribution in [2.24, 2.45) is 0 Å². The molecule has 0 atom stereocenters. The van der Waals surface area contributed by atoms with Gasteiger partial charge in [-0.25, -0.2) is 4.98 Å². The van der Waals surface area contributed by atoms with E-state index in [1.54, 1.807) is 6.07 Å². The van der Waals surface area contributed by atoms with Crippen LogP contribution < -0.4 is 5.32 Å². The minimum Gasteiger partial charge on any atom is -0.384 e. The normalized spacial score (nSPS) is 10.0. The van der Waals surface area contributed by atoms with Gasteiger partial charge >= 0.3 is 0 Å². The first-order valence-corrected chi connectivity index (χ1v) is 4.24. The first kappa shape index (κ1) is 9.89. The van der Waals surface area contributed by atoms with Crippen LogP contribution in [0.4, 0.5) is 14.5 Å². The molecule has 2 nitrogen and oxygen atoms in total. The second kappa shape index (κ2) is 5.45. The van der Waals surface area contributed by atoms with Crippen molar-refractivity contribution in [3.05, 3.63) is 24.3 Å². The molecule has 1 heterocycles. The highest BCUT2D eigenvalue weighted by Crippen LogP contribution is 2.05. The highest BCUT2D eigenvalue weighted by molar-refractivity contribution is 5.39. The van der Waals surface area contributed by atoms with E-state index in [0.29, 0.717) is 13.0 Å². The van der Waals surface area contributed by atoms with Crippen molar-refractivity contribution < 1.29 is 8.78 Å². The van der Waals surface area contributed by atoms with Crippen LogP contribution in [0.3, 0.4) is 0 Å². The molecule has 0 amide bonds. The fourth-order valence-electron chi connectivity index (χ4n) is 0.933. The van der Waals surface area contributed by atoms with Gasteiger partial charge in [-0.2, -0.15) is 4.39 Å².